The predicted molar refractivity (Wildman–Crippen MR) is 127 cm³/mol. The Hall–Kier alpha value is -2.68. The van der Waals surface area contributed by atoms with Gasteiger partial charge in [-0.1, -0.05) is 12.1 Å². The summed E-state index contributed by atoms with van der Waals surface area (Å²) in [5.74, 6) is -1.49. The molecular formula is C23H26ClFN2O4S. The fourth-order valence-electron chi connectivity index (χ4n) is 3.63. The molecule has 6 nitrogen and oxygen atoms in total. The summed E-state index contributed by atoms with van der Waals surface area (Å²) < 4.78 is 41.4. The molecule has 3 rings (SSSR count). The third-order valence-corrected chi connectivity index (χ3v) is 7.44. The molecule has 32 heavy (non-hydrogen) atoms. The Morgan fingerprint density at radius 3 is 2.50 bits per heavy atom. The van der Waals surface area contributed by atoms with Crippen LogP contribution >= 0.6 is 12.4 Å². The summed E-state index contributed by atoms with van der Waals surface area (Å²) in [4.78, 5) is 11.7. The van der Waals surface area contributed by atoms with Crippen LogP contribution in [0.5, 0.6) is 0 Å². The van der Waals surface area contributed by atoms with Crippen molar-refractivity contribution < 1.29 is 22.7 Å². The molecule has 0 amide bonds. The number of halogens is 2. The summed E-state index contributed by atoms with van der Waals surface area (Å²) >= 11 is 0. The van der Waals surface area contributed by atoms with Gasteiger partial charge in [0.05, 0.1) is 22.3 Å². The number of rotatable bonds is 7. The van der Waals surface area contributed by atoms with Gasteiger partial charge in [0.1, 0.15) is 5.83 Å². The van der Waals surface area contributed by atoms with E-state index in [2.05, 4.69) is 0 Å². The number of aromatic nitrogens is 1. The van der Waals surface area contributed by atoms with Crippen LogP contribution < -0.4 is 5.73 Å². The van der Waals surface area contributed by atoms with Crippen LogP contribution in [-0.4, -0.2) is 35.9 Å². The number of carboxylic acids is 1. The molecule has 3 aromatic rings. The van der Waals surface area contributed by atoms with Gasteiger partial charge in [-0.3, -0.25) is 0 Å². The highest BCUT2D eigenvalue weighted by atomic mass is 35.5. The number of nitrogens with zero attached hydrogens (tertiary/aromatic N) is 1. The number of hydrogen-bond donors (Lipinski definition) is 2. The molecule has 1 heterocycles. The normalized spacial score (nSPS) is 12.2. The first kappa shape index (κ1) is 25.6. The summed E-state index contributed by atoms with van der Waals surface area (Å²) in [6.07, 6.45) is 1.28. The summed E-state index contributed by atoms with van der Waals surface area (Å²) in [5, 5.41) is 9.46. The van der Waals surface area contributed by atoms with Crippen molar-refractivity contribution in [2.24, 2.45) is 5.73 Å². The van der Waals surface area contributed by atoms with Crippen LogP contribution in [0.2, 0.25) is 0 Å². The van der Waals surface area contributed by atoms with Gasteiger partial charge in [0.15, 0.2) is 9.84 Å². The molecule has 0 atom stereocenters. The monoisotopic (exact) mass is 480 g/mol. The molecule has 9 heteroatoms. The Kier molecular flexibility index (Phi) is 7.88. The zero-order valence-electron chi connectivity index (χ0n) is 18.0. The maximum Gasteiger partial charge on any atom is 0.335 e. The van der Waals surface area contributed by atoms with Gasteiger partial charge in [-0.25, -0.2) is 17.6 Å². The molecule has 0 saturated carbocycles. The fraction of sp³-hybridized carbons (Fsp3) is 0.261. The number of carboxylic acid groups (broad SMARTS) is 1. The molecule has 2 aromatic carbocycles. The van der Waals surface area contributed by atoms with E-state index < -0.39 is 26.9 Å². The van der Waals surface area contributed by atoms with E-state index >= 15 is 0 Å². The third kappa shape index (κ3) is 4.72. The Bertz CT molecular complexity index is 1300. The van der Waals surface area contributed by atoms with Crippen LogP contribution in [0.1, 0.15) is 29.9 Å². The number of aromatic carboxylic acids is 1. The lowest BCUT2D eigenvalue weighted by Gasteiger charge is -2.11. The highest BCUT2D eigenvalue weighted by Crippen LogP contribution is 2.37. The van der Waals surface area contributed by atoms with Gasteiger partial charge in [0.2, 0.25) is 0 Å². The summed E-state index contributed by atoms with van der Waals surface area (Å²) in [6.45, 7) is 5.04. The van der Waals surface area contributed by atoms with Crippen molar-refractivity contribution in [3.8, 4) is 11.1 Å². The fourth-order valence-corrected chi connectivity index (χ4v) is 4.73. The van der Waals surface area contributed by atoms with E-state index in [1.165, 1.54) is 18.2 Å². The van der Waals surface area contributed by atoms with Gasteiger partial charge in [-0.15, -0.1) is 12.4 Å². The molecule has 1 aromatic heterocycles. The van der Waals surface area contributed by atoms with Crippen molar-refractivity contribution in [3.05, 3.63) is 65.6 Å². The minimum Gasteiger partial charge on any atom is -0.478 e. The molecule has 172 valence electrons. The maximum atomic E-state index is 14.3. The van der Waals surface area contributed by atoms with Crippen LogP contribution in [0.25, 0.3) is 22.0 Å². The summed E-state index contributed by atoms with van der Waals surface area (Å²) in [7, 11) is -3.50. The highest BCUT2D eigenvalue weighted by Gasteiger charge is 2.22. The summed E-state index contributed by atoms with van der Waals surface area (Å²) in [5.41, 5.74) is 8.14. The van der Waals surface area contributed by atoms with Crippen LogP contribution in [0.3, 0.4) is 0 Å². The highest BCUT2D eigenvalue weighted by molar-refractivity contribution is 7.92. The number of nitrogens with two attached hydrogens (primary N) is 1. The van der Waals surface area contributed by atoms with Gasteiger partial charge in [0, 0.05) is 28.7 Å². The minimum atomic E-state index is -3.50. The lowest BCUT2D eigenvalue weighted by atomic mass is 10.0. The standard InChI is InChI=1S/C23H25FN2O4S.ClH/c1-14(2)31(29,30)19-6-4-5-16(11-19)22-15(3)26(13-18(24)9-10-25)21-8-7-17(23(27)28)12-20(21)22;/h4-9,11-12,14H,10,13,25H2,1-3H3,(H,27,28);1H/b18-9-;. The lowest BCUT2D eigenvalue weighted by Crippen LogP contribution is -2.13. The van der Waals surface area contributed by atoms with Crippen LogP contribution in [-0.2, 0) is 16.4 Å². The van der Waals surface area contributed by atoms with Gasteiger partial charge in [-0.2, -0.15) is 0 Å². The Morgan fingerprint density at radius 1 is 1.22 bits per heavy atom. The Balaban J connectivity index is 0.00000363. The van der Waals surface area contributed by atoms with E-state index in [0.717, 1.165) is 0 Å². The topological polar surface area (TPSA) is 102 Å². The quantitative estimate of drug-likeness (QED) is 0.509. The maximum absolute atomic E-state index is 14.3. The molecule has 0 aliphatic rings. The average molecular weight is 481 g/mol. The van der Waals surface area contributed by atoms with E-state index in [1.54, 1.807) is 55.7 Å². The molecule has 3 N–H and O–H groups in total. The van der Waals surface area contributed by atoms with Crippen molar-refractivity contribution >= 4 is 39.1 Å². The SMILES string of the molecule is Cc1c(-c2cccc(S(=O)(=O)C(C)C)c2)c2cc(C(=O)O)ccc2n1C/C(F)=C/CN.Cl. The largest absolute Gasteiger partial charge is 0.478 e. The van der Waals surface area contributed by atoms with Gasteiger partial charge < -0.3 is 15.4 Å². The smallest absolute Gasteiger partial charge is 0.335 e. The molecule has 0 saturated heterocycles. The van der Waals surface area contributed by atoms with Gasteiger partial charge in [-0.05, 0) is 62.7 Å². The minimum absolute atomic E-state index is 0. The molecule has 0 aliphatic carbocycles. The van der Waals surface area contributed by atoms with Crippen LogP contribution in [0.4, 0.5) is 4.39 Å². The van der Waals surface area contributed by atoms with E-state index in [9.17, 15) is 22.7 Å². The van der Waals surface area contributed by atoms with Crippen molar-refractivity contribution in [2.45, 2.75) is 37.5 Å². The zero-order chi connectivity index (χ0) is 22.9. The Morgan fingerprint density at radius 2 is 1.91 bits per heavy atom. The molecule has 0 aliphatic heterocycles. The van der Waals surface area contributed by atoms with E-state index in [-0.39, 0.29) is 36.0 Å². The average Bonchev–Trinajstić information content (AvgIpc) is 2.99. The first-order valence-electron chi connectivity index (χ1n) is 9.83. The number of benzene rings is 2. The van der Waals surface area contributed by atoms with Gasteiger partial charge >= 0.3 is 5.97 Å². The third-order valence-electron chi connectivity index (χ3n) is 5.29. The summed E-state index contributed by atoms with van der Waals surface area (Å²) in [6, 6.07) is 11.2. The van der Waals surface area contributed by atoms with Crippen LogP contribution in [0.15, 0.2) is 59.3 Å². The molecule has 0 spiro atoms. The van der Waals surface area contributed by atoms with Crippen molar-refractivity contribution in [1.82, 2.24) is 4.57 Å². The van der Waals surface area contributed by atoms with Gasteiger partial charge in [0.25, 0.3) is 0 Å². The van der Waals surface area contributed by atoms with E-state index in [1.807, 2.05) is 0 Å². The van der Waals surface area contributed by atoms with Crippen molar-refractivity contribution in [1.29, 1.82) is 0 Å². The van der Waals surface area contributed by atoms with Crippen molar-refractivity contribution in [2.75, 3.05) is 6.54 Å². The van der Waals surface area contributed by atoms with Crippen molar-refractivity contribution in [3.63, 3.8) is 0 Å². The number of fused-ring (bicyclic) bond motifs is 1. The second kappa shape index (κ2) is 9.85. The molecule has 0 unspecified atom stereocenters. The number of sulfone groups is 1. The number of carbonyl (C=O) groups is 1. The molecular weight excluding hydrogens is 455 g/mol. The second-order valence-electron chi connectivity index (χ2n) is 7.59. The second-order valence-corrected chi connectivity index (χ2v) is 10.1. The Labute approximate surface area is 192 Å². The molecule has 0 bridgehead atoms. The number of allylic oxidation sites excluding steroid dienone is 1. The molecule has 0 fully saturated rings. The predicted octanol–water partition coefficient (Wildman–Crippen LogP) is 4.73. The molecule has 0 radical (unpaired) electrons. The first-order valence-corrected chi connectivity index (χ1v) is 11.4. The number of hydrogen-bond acceptors (Lipinski definition) is 4. The zero-order valence-corrected chi connectivity index (χ0v) is 19.6. The van der Waals surface area contributed by atoms with E-state index in [4.69, 9.17) is 5.73 Å². The lowest BCUT2D eigenvalue weighted by molar-refractivity contribution is 0.0697. The van der Waals surface area contributed by atoms with Crippen LogP contribution in [0, 0.1) is 6.92 Å². The first-order chi connectivity index (χ1) is 14.6. The van der Waals surface area contributed by atoms with E-state index in [0.29, 0.717) is 27.7 Å².